The molecule has 20 heavy (non-hydrogen) atoms. The van der Waals surface area contributed by atoms with Crippen LogP contribution < -0.4 is 5.73 Å². The van der Waals surface area contributed by atoms with Crippen LogP contribution in [-0.2, 0) is 15.4 Å². The van der Waals surface area contributed by atoms with Gasteiger partial charge in [0.25, 0.3) is 0 Å². The molecule has 2 N–H and O–H groups in total. The zero-order chi connectivity index (χ0) is 15.0. The van der Waals surface area contributed by atoms with Gasteiger partial charge in [0.2, 0.25) is 0 Å². The fourth-order valence-electron chi connectivity index (χ4n) is 2.55. The number of guanidine groups is 1. The van der Waals surface area contributed by atoms with Gasteiger partial charge in [-0.2, -0.15) is 0 Å². The SMILES string of the molecule is CCCN1C(N)=NCC1(C)c1ccc(S(C)(=O)=O)cc1. The normalized spacial score (nSPS) is 22.9. The van der Waals surface area contributed by atoms with Crippen molar-refractivity contribution >= 4 is 15.8 Å². The lowest BCUT2D eigenvalue weighted by Gasteiger charge is -2.36. The van der Waals surface area contributed by atoms with Gasteiger partial charge < -0.3 is 10.6 Å². The molecule has 5 nitrogen and oxygen atoms in total. The summed E-state index contributed by atoms with van der Waals surface area (Å²) in [7, 11) is -3.16. The largest absolute Gasteiger partial charge is 0.370 e. The van der Waals surface area contributed by atoms with Crippen LogP contribution in [-0.4, -0.2) is 38.6 Å². The van der Waals surface area contributed by atoms with Crippen molar-refractivity contribution in [3.63, 3.8) is 0 Å². The first-order chi connectivity index (χ1) is 9.29. The van der Waals surface area contributed by atoms with E-state index in [9.17, 15) is 8.42 Å². The van der Waals surface area contributed by atoms with E-state index in [1.807, 2.05) is 12.1 Å². The first-order valence-electron chi connectivity index (χ1n) is 6.67. The lowest BCUT2D eigenvalue weighted by Crippen LogP contribution is -2.47. The van der Waals surface area contributed by atoms with Gasteiger partial charge in [0, 0.05) is 12.8 Å². The molecule has 0 radical (unpaired) electrons. The smallest absolute Gasteiger partial charge is 0.192 e. The lowest BCUT2D eigenvalue weighted by atomic mass is 9.91. The number of rotatable bonds is 4. The van der Waals surface area contributed by atoms with Crippen molar-refractivity contribution in [1.29, 1.82) is 0 Å². The van der Waals surface area contributed by atoms with Crippen molar-refractivity contribution in [3.8, 4) is 0 Å². The van der Waals surface area contributed by atoms with Gasteiger partial charge in [-0.3, -0.25) is 4.99 Å². The van der Waals surface area contributed by atoms with Crippen LogP contribution in [0.25, 0.3) is 0 Å². The lowest BCUT2D eigenvalue weighted by molar-refractivity contribution is 0.225. The van der Waals surface area contributed by atoms with E-state index in [0.717, 1.165) is 18.5 Å². The summed E-state index contributed by atoms with van der Waals surface area (Å²) in [5.74, 6) is 0.557. The summed E-state index contributed by atoms with van der Waals surface area (Å²) in [4.78, 5) is 6.76. The second-order valence-corrected chi connectivity index (χ2v) is 7.41. The summed E-state index contributed by atoms with van der Waals surface area (Å²) in [5.41, 5.74) is 6.69. The molecule has 1 aliphatic rings. The first kappa shape index (κ1) is 14.8. The molecule has 0 bridgehead atoms. The first-order valence-corrected chi connectivity index (χ1v) is 8.56. The molecule has 0 fully saturated rings. The third kappa shape index (κ3) is 2.52. The summed E-state index contributed by atoms with van der Waals surface area (Å²) in [6, 6.07) is 7.00. The number of sulfone groups is 1. The van der Waals surface area contributed by atoms with E-state index in [1.54, 1.807) is 12.1 Å². The summed E-state index contributed by atoms with van der Waals surface area (Å²) < 4.78 is 23.0. The average Bonchev–Trinajstić information content (AvgIpc) is 2.68. The van der Waals surface area contributed by atoms with Crippen LogP contribution in [0.15, 0.2) is 34.2 Å². The van der Waals surface area contributed by atoms with Crippen molar-refractivity contribution in [2.45, 2.75) is 30.7 Å². The van der Waals surface area contributed by atoms with Crippen LogP contribution >= 0.6 is 0 Å². The third-order valence-corrected chi connectivity index (χ3v) is 4.90. The topological polar surface area (TPSA) is 75.8 Å². The highest BCUT2D eigenvalue weighted by Gasteiger charge is 2.38. The van der Waals surface area contributed by atoms with E-state index in [1.165, 1.54) is 6.26 Å². The fraction of sp³-hybridized carbons (Fsp3) is 0.500. The van der Waals surface area contributed by atoms with Crippen molar-refractivity contribution in [2.75, 3.05) is 19.3 Å². The van der Waals surface area contributed by atoms with E-state index in [2.05, 4.69) is 23.7 Å². The Hall–Kier alpha value is -1.56. The van der Waals surface area contributed by atoms with Crippen LogP contribution in [0.4, 0.5) is 0 Å². The highest BCUT2D eigenvalue weighted by atomic mass is 32.2. The molecule has 1 unspecified atom stereocenters. The highest BCUT2D eigenvalue weighted by molar-refractivity contribution is 7.90. The molecule has 1 aromatic rings. The van der Waals surface area contributed by atoms with Crippen molar-refractivity contribution in [3.05, 3.63) is 29.8 Å². The van der Waals surface area contributed by atoms with Crippen LogP contribution in [0.5, 0.6) is 0 Å². The predicted molar refractivity (Wildman–Crippen MR) is 80.4 cm³/mol. The maximum absolute atomic E-state index is 11.5. The van der Waals surface area contributed by atoms with Gasteiger partial charge in [-0.25, -0.2) is 8.42 Å². The summed E-state index contributed by atoms with van der Waals surface area (Å²) in [5, 5.41) is 0. The highest BCUT2D eigenvalue weighted by Crippen LogP contribution is 2.33. The molecule has 0 aliphatic carbocycles. The molecular formula is C14H21N3O2S. The Morgan fingerprint density at radius 2 is 1.95 bits per heavy atom. The molecule has 1 atom stereocenters. The zero-order valence-corrected chi connectivity index (χ0v) is 12.9. The molecular weight excluding hydrogens is 274 g/mol. The monoisotopic (exact) mass is 295 g/mol. The quantitative estimate of drug-likeness (QED) is 0.909. The van der Waals surface area contributed by atoms with E-state index < -0.39 is 9.84 Å². The number of benzene rings is 1. The molecule has 0 amide bonds. The van der Waals surface area contributed by atoms with Crippen molar-refractivity contribution in [1.82, 2.24) is 4.90 Å². The standard InChI is InChI=1S/C14H21N3O2S/c1-4-9-17-13(15)16-10-14(17,2)11-5-7-12(8-6-11)20(3,18)19/h5-8H,4,9-10H2,1-3H3,(H2,15,16). The Labute approximate surface area is 120 Å². The Morgan fingerprint density at radius 1 is 1.35 bits per heavy atom. The van der Waals surface area contributed by atoms with Gasteiger partial charge in [-0.05, 0) is 31.0 Å². The van der Waals surface area contributed by atoms with E-state index in [4.69, 9.17) is 5.73 Å². The number of hydrogen-bond donors (Lipinski definition) is 1. The molecule has 1 aromatic carbocycles. The minimum absolute atomic E-state index is 0.296. The summed E-state index contributed by atoms with van der Waals surface area (Å²) in [6.45, 7) is 5.61. The van der Waals surface area contributed by atoms with Crippen LogP contribution in [0.2, 0.25) is 0 Å². The average molecular weight is 295 g/mol. The predicted octanol–water partition coefficient (Wildman–Crippen LogP) is 1.35. The van der Waals surface area contributed by atoms with Crippen LogP contribution in [0, 0.1) is 0 Å². The molecule has 0 spiro atoms. The van der Waals surface area contributed by atoms with Crippen LogP contribution in [0.3, 0.4) is 0 Å². The Balaban J connectivity index is 2.36. The third-order valence-electron chi connectivity index (χ3n) is 3.77. The summed E-state index contributed by atoms with van der Waals surface area (Å²) in [6.07, 6.45) is 2.19. The molecule has 0 saturated carbocycles. The molecule has 110 valence electrons. The van der Waals surface area contributed by atoms with Crippen molar-refractivity contribution in [2.24, 2.45) is 10.7 Å². The summed E-state index contributed by atoms with van der Waals surface area (Å²) >= 11 is 0. The molecule has 6 heteroatoms. The van der Waals surface area contributed by atoms with E-state index in [-0.39, 0.29) is 5.54 Å². The molecule has 1 aliphatic heterocycles. The van der Waals surface area contributed by atoms with E-state index in [0.29, 0.717) is 17.4 Å². The maximum Gasteiger partial charge on any atom is 0.192 e. The molecule has 2 rings (SSSR count). The Kier molecular flexibility index (Phi) is 3.77. The second-order valence-electron chi connectivity index (χ2n) is 5.40. The molecule has 0 saturated heterocycles. The minimum Gasteiger partial charge on any atom is -0.370 e. The zero-order valence-electron chi connectivity index (χ0n) is 12.1. The van der Waals surface area contributed by atoms with Gasteiger partial charge in [0.15, 0.2) is 15.8 Å². The van der Waals surface area contributed by atoms with Gasteiger partial charge in [-0.15, -0.1) is 0 Å². The van der Waals surface area contributed by atoms with E-state index >= 15 is 0 Å². The number of nitrogens with two attached hydrogens (primary N) is 1. The van der Waals surface area contributed by atoms with Gasteiger partial charge in [0.05, 0.1) is 17.0 Å². The fourth-order valence-corrected chi connectivity index (χ4v) is 3.18. The number of aliphatic imine (C=N–C) groups is 1. The second kappa shape index (κ2) is 5.09. The number of nitrogens with zero attached hydrogens (tertiary/aromatic N) is 2. The maximum atomic E-state index is 11.5. The Bertz CT molecular complexity index is 622. The molecule has 0 aromatic heterocycles. The molecule has 1 heterocycles. The van der Waals surface area contributed by atoms with Crippen molar-refractivity contribution < 1.29 is 8.42 Å². The minimum atomic E-state index is -3.16. The Morgan fingerprint density at radius 3 is 2.45 bits per heavy atom. The van der Waals surface area contributed by atoms with Gasteiger partial charge in [0.1, 0.15) is 0 Å². The van der Waals surface area contributed by atoms with Gasteiger partial charge >= 0.3 is 0 Å². The van der Waals surface area contributed by atoms with Crippen LogP contribution in [0.1, 0.15) is 25.8 Å². The van der Waals surface area contributed by atoms with Gasteiger partial charge in [-0.1, -0.05) is 19.1 Å². The number of hydrogen-bond acceptors (Lipinski definition) is 5.